The van der Waals surface area contributed by atoms with Crippen LogP contribution in [0.25, 0.3) is 0 Å². The molecular weight excluding hydrogens is 725 g/mol. The summed E-state index contributed by atoms with van der Waals surface area (Å²) in [5.74, 6) is 0.321. The summed E-state index contributed by atoms with van der Waals surface area (Å²) < 4.78 is 12.2. The number of carbonyl (C=O) groups is 1. The molecule has 0 radical (unpaired) electrons. The molecule has 0 spiro atoms. The number of rotatable bonds is 52. The van der Waals surface area contributed by atoms with Crippen LogP contribution in [0, 0.1) is 5.92 Å². The second-order valence-electron chi connectivity index (χ2n) is 18.7. The minimum atomic E-state index is -0.340. The Morgan fingerprint density at radius 1 is 0.424 bits per heavy atom. The maximum absolute atomic E-state index is 13.5. The summed E-state index contributed by atoms with van der Waals surface area (Å²) in [4.78, 5) is 13.5. The molecule has 2 unspecified atom stereocenters. The Morgan fingerprint density at radius 3 is 1.15 bits per heavy atom. The van der Waals surface area contributed by atoms with Gasteiger partial charge in [0.15, 0.2) is 0 Å². The highest BCUT2D eigenvalue weighted by atomic mass is 16.5. The maximum Gasteiger partial charge on any atom is 0.138 e. The van der Waals surface area contributed by atoms with Gasteiger partial charge in [-0.25, -0.2) is 0 Å². The summed E-state index contributed by atoms with van der Waals surface area (Å²) >= 11 is 0. The van der Waals surface area contributed by atoms with Gasteiger partial charge in [-0.2, -0.15) is 0 Å². The lowest BCUT2D eigenvalue weighted by Gasteiger charge is -2.21. The van der Waals surface area contributed by atoms with E-state index in [1.54, 1.807) is 0 Å². The third kappa shape index (κ3) is 46.6. The van der Waals surface area contributed by atoms with Crippen molar-refractivity contribution in [2.24, 2.45) is 5.92 Å². The van der Waals surface area contributed by atoms with Gasteiger partial charge in [-0.05, 0) is 44.9 Å². The zero-order chi connectivity index (χ0) is 42.8. The SMILES string of the molecule is CCCCCCCC/C=C\CCCCCCCC(=O)C(CCCCCCCCCCCCCCCC)COC(CO)COCCCCCCCCCCCCCCCC. The van der Waals surface area contributed by atoms with Crippen molar-refractivity contribution in [1.82, 2.24) is 0 Å². The van der Waals surface area contributed by atoms with E-state index in [2.05, 4.69) is 32.9 Å². The number of ketones is 1. The van der Waals surface area contributed by atoms with E-state index in [1.165, 1.54) is 238 Å². The lowest BCUT2D eigenvalue weighted by atomic mass is 9.93. The lowest BCUT2D eigenvalue weighted by molar-refractivity contribution is -0.127. The van der Waals surface area contributed by atoms with Crippen molar-refractivity contribution in [1.29, 1.82) is 0 Å². The molecule has 0 saturated heterocycles. The van der Waals surface area contributed by atoms with Crippen LogP contribution in [0.1, 0.15) is 297 Å². The van der Waals surface area contributed by atoms with Crippen molar-refractivity contribution in [3.63, 3.8) is 0 Å². The average Bonchev–Trinajstić information content (AvgIpc) is 3.25. The highest BCUT2D eigenvalue weighted by Crippen LogP contribution is 2.20. The van der Waals surface area contributed by atoms with Gasteiger partial charge in [0, 0.05) is 18.9 Å². The molecule has 4 heteroatoms. The van der Waals surface area contributed by atoms with Crippen molar-refractivity contribution in [2.75, 3.05) is 26.4 Å². The van der Waals surface area contributed by atoms with Gasteiger partial charge in [0.2, 0.25) is 0 Å². The van der Waals surface area contributed by atoms with Crippen molar-refractivity contribution in [2.45, 2.75) is 303 Å². The molecule has 0 bridgehead atoms. The van der Waals surface area contributed by atoms with E-state index in [0.29, 0.717) is 25.4 Å². The van der Waals surface area contributed by atoms with Crippen LogP contribution >= 0.6 is 0 Å². The number of hydrogen-bond acceptors (Lipinski definition) is 4. The molecule has 0 aliphatic heterocycles. The number of unbranched alkanes of at least 4 members (excludes halogenated alkanes) is 37. The molecule has 0 amide bonds. The smallest absolute Gasteiger partial charge is 0.138 e. The first-order chi connectivity index (χ1) is 29.2. The maximum atomic E-state index is 13.5. The van der Waals surface area contributed by atoms with E-state index in [1.807, 2.05) is 0 Å². The Balaban J connectivity index is 4.31. The topological polar surface area (TPSA) is 55.8 Å². The molecule has 0 saturated carbocycles. The summed E-state index contributed by atoms with van der Waals surface area (Å²) in [5, 5.41) is 10.1. The molecule has 0 aliphatic rings. The first-order valence-corrected chi connectivity index (χ1v) is 27.2. The Morgan fingerprint density at radius 2 is 0.763 bits per heavy atom. The van der Waals surface area contributed by atoms with Crippen molar-refractivity contribution in [3.8, 4) is 0 Å². The number of ether oxygens (including phenoxy) is 2. The molecular formula is C55H108O4. The summed E-state index contributed by atoms with van der Waals surface area (Å²) in [5.41, 5.74) is 0. The van der Waals surface area contributed by atoms with Crippen LogP contribution in [-0.2, 0) is 14.3 Å². The highest BCUT2D eigenvalue weighted by Gasteiger charge is 2.20. The summed E-state index contributed by atoms with van der Waals surface area (Å²) in [6, 6.07) is 0. The van der Waals surface area contributed by atoms with E-state index in [-0.39, 0.29) is 18.6 Å². The fraction of sp³-hybridized carbons (Fsp3) is 0.945. The zero-order valence-electron chi connectivity index (χ0n) is 40.7. The molecule has 4 nitrogen and oxygen atoms in total. The lowest BCUT2D eigenvalue weighted by Crippen LogP contribution is -2.29. The number of hydrogen-bond donors (Lipinski definition) is 1. The number of aliphatic hydroxyl groups excluding tert-OH is 1. The molecule has 352 valence electrons. The van der Waals surface area contributed by atoms with Gasteiger partial charge in [-0.15, -0.1) is 0 Å². The van der Waals surface area contributed by atoms with Gasteiger partial charge < -0.3 is 14.6 Å². The number of allylic oxidation sites excluding steroid dienone is 2. The fourth-order valence-corrected chi connectivity index (χ4v) is 8.52. The molecule has 0 heterocycles. The van der Waals surface area contributed by atoms with Gasteiger partial charge in [-0.1, -0.05) is 258 Å². The van der Waals surface area contributed by atoms with E-state index in [0.717, 1.165) is 38.7 Å². The van der Waals surface area contributed by atoms with Gasteiger partial charge in [0.25, 0.3) is 0 Å². The van der Waals surface area contributed by atoms with Crippen LogP contribution in [-0.4, -0.2) is 43.4 Å². The highest BCUT2D eigenvalue weighted by molar-refractivity contribution is 5.81. The van der Waals surface area contributed by atoms with Crippen molar-refractivity contribution in [3.05, 3.63) is 12.2 Å². The Kier molecular flexibility index (Phi) is 51.0. The minimum absolute atomic E-state index is 0.0489. The molecule has 0 rings (SSSR count). The minimum Gasteiger partial charge on any atom is -0.394 e. The van der Waals surface area contributed by atoms with Gasteiger partial charge in [-0.3, -0.25) is 4.79 Å². The van der Waals surface area contributed by atoms with Gasteiger partial charge in [0.05, 0.1) is 19.8 Å². The quantitative estimate of drug-likeness (QED) is 0.0490. The Bertz CT molecular complexity index is 811. The van der Waals surface area contributed by atoms with Gasteiger partial charge in [0.1, 0.15) is 11.9 Å². The summed E-state index contributed by atoms with van der Waals surface area (Å²) in [6.45, 7) is 8.39. The van der Waals surface area contributed by atoms with Crippen molar-refractivity contribution >= 4 is 5.78 Å². The number of carbonyl (C=O) groups excluding carboxylic acids is 1. The Labute approximate surface area is 371 Å². The normalized spacial score (nSPS) is 12.9. The Hall–Kier alpha value is -0.710. The monoisotopic (exact) mass is 833 g/mol. The zero-order valence-corrected chi connectivity index (χ0v) is 40.7. The van der Waals surface area contributed by atoms with Crippen LogP contribution in [0.15, 0.2) is 12.2 Å². The molecule has 0 aromatic heterocycles. The van der Waals surface area contributed by atoms with Crippen LogP contribution < -0.4 is 0 Å². The van der Waals surface area contributed by atoms with E-state index in [4.69, 9.17) is 9.47 Å². The largest absolute Gasteiger partial charge is 0.394 e. The predicted octanol–water partition coefficient (Wildman–Crippen LogP) is 18.0. The number of Topliss-reactive ketones (excluding diaryl/α,β-unsaturated/α-hetero) is 1. The first-order valence-electron chi connectivity index (χ1n) is 27.2. The first kappa shape index (κ1) is 58.3. The molecule has 0 aromatic carbocycles. The molecule has 0 fully saturated rings. The van der Waals surface area contributed by atoms with Crippen LogP contribution in [0.5, 0.6) is 0 Å². The third-order valence-corrected chi connectivity index (χ3v) is 12.7. The van der Waals surface area contributed by atoms with E-state index < -0.39 is 0 Å². The van der Waals surface area contributed by atoms with Gasteiger partial charge >= 0.3 is 0 Å². The van der Waals surface area contributed by atoms with E-state index in [9.17, 15) is 9.90 Å². The molecule has 1 N–H and O–H groups in total. The molecule has 0 aromatic rings. The fourth-order valence-electron chi connectivity index (χ4n) is 8.52. The standard InChI is InChI=1S/C55H108O4/c1-4-7-10-13-16-19-22-25-28-30-33-36-39-42-45-48-55(57)53(47-44-41-38-35-32-29-26-23-20-17-14-11-8-5-2)51-59-54(50-56)52-58-49-46-43-40-37-34-31-27-24-21-18-15-12-9-6-3/h25,28,53-54,56H,4-24,26-27,29-52H2,1-3H3/b28-25-. The molecule has 2 atom stereocenters. The second kappa shape index (κ2) is 51.6. The number of aliphatic hydroxyl groups is 1. The van der Waals surface area contributed by atoms with Crippen molar-refractivity contribution < 1.29 is 19.4 Å². The molecule has 59 heavy (non-hydrogen) atoms. The summed E-state index contributed by atoms with van der Waals surface area (Å²) in [7, 11) is 0. The van der Waals surface area contributed by atoms with Crippen LogP contribution in [0.4, 0.5) is 0 Å². The average molecular weight is 833 g/mol. The summed E-state index contributed by atoms with van der Waals surface area (Å²) in [6.07, 6.45) is 60.4. The van der Waals surface area contributed by atoms with Crippen LogP contribution in [0.2, 0.25) is 0 Å². The van der Waals surface area contributed by atoms with Crippen LogP contribution in [0.3, 0.4) is 0 Å². The predicted molar refractivity (Wildman–Crippen MR) is 261 cm³/mol. The van der Waals surface area contributed by atoms with E-state index >= 15 is 0 Å². The second-order valence-corrected chi connectivity index (χ2v) is 18.7. The molecule has 0 aliphatic carbocycles. The third-order valence-electron chi connectivity index (χ3n) is 12.7.